The molecule has 4 nitrogen and oxygen atoms in total. The number of hydrogen-bond acceptors (Lipinski definition) is 4. The van der Waals surface area contributed by atoms with Crippen molar-refractivity contribution in [3.63, 3.8) is 0 Å². The molecule has 1 heterocycles. The summed E-state index contributed by atoms with van der Waals surface area (Å²) < 4.78 is 22.5. The molecule has 1 fully saturated rings. The van der Waals surface area contributed by atoms with Crippen LogP contribution < -0.4 is 0 Å². The van der Waals surface area contributed by atoms with Crippen LogP contribution >= 0.6 is 0 Å². The van der Waals surface area contributed by atoms with Gasteiger partial charge >= 0.3 is 0 Å². The second kappa shape index (κ2) is 5.45. The number of hydrogen-bond donors (Lipinski definition) is 0. The molecule has 0 bridgehead atoms. The Balaban J connectivity index is 2.72. The Morgan fingerprint density at radius 3 is 2.38 bits per heavy atom. The van der Waals surface area contributed by atoms with Crippen LogP contribution in [0, 0.1) is 0 Å². The third kappa shape index (κ3) is 2.94. The molecule has 4 atom stereocenters. The maximum absolute atomic E-state index is 5.77. The van der Waals surface area contributed by atoms with Gasteiger partial charge in [-0.05, 0) is 27.7 Å². The first kappa shape index (κ1) is 13.9. The number of rotatable bonds is 4. The molecule has 4 heteroatoms. The highest BCUT2D eigenvalue weighted by molar-refractivity contribution is 4.93. The van der Waals surface area contributed by atoms with E-state index in [9.17, 15) is 0 Å². The molecule has 0 spiro atoms. The van der Waals surface area contributed by atoms with E-state index in [2.05, 4.69) is 0 Å². The monoisotopic (exact) mass is 232 g/mol. The molecule has 96 valence electrons. The molecular formula is C12H24O4. The Labute approximate surface area is 98.2 Å². The summed E-state index contributed by atoms with van der Waals surface area (Å²) in [4.78, 5) is 0. The van der Waals surface area contributed by atoms with Crippen molar-refractivity contribution in [2.24, 2.45) is 0 Å². The summed E-state index contributed by atoms with van der Waals surface area (Å²) in [6.45, 7) is 8.03. The first-order chi connectivity index (χ1) is 7.42. The summed E-state index contributed by atoms with van der Waals surface area (Å²) in [6, 6.07) is 0. The van der Waals surface area contributed by atoms with E-state index in [-0.39, 0.29) is 30.2 Å². The maximum atomic E-state index is 5.77. The molecule has 0 radical (unpaired) electrons. The fraction of sp³-hybridized carbons (Fsp3) is 1.00. The van der Waals surface area contributed by atoms with Crippen LogP contribution in [0.2, 0.25) is 0 Å². The van der Waals surface area contributed by atoms with E-state index >= 15 is 0 Å². The predicted molar refractivity (Wildman–Crippen MR) is 61.4 cm³/mol. The molecule has 16 heavy (non-hydrogen) atoms. The highest BCUT2D eigenvalue weighted by atomic mass is 16.7. The standard InChI is InChI=1S/C12H24O4/c1-8(2)15-10-7-12(4,14-6)11(13-5)9(3)16-10/h8-11H,7H2,1-6H3. The molecular weight excluding hydrogens is 208 g/mol. The van der Waals surface area contributed by atoms with Gasteiger partial charge in [0.25, 0.3) is 0 Å². The van der Waals surface area contributed by atoms with Gasteiger partial charge < -0.3 is 18.9 Å². The Hall–Kier alpha value is -0.160. The van der Waals surface area contributed by atoms with Gasteiger partial charge in [0.2, 0.25) is 0 Å². The van der Waals surface area contributed by atoms with E-state index in [0.717, 1.165) is 0 Å². The van der Waals surface area contributed by atoms with Crippen LogP contribution in [-0.4, -0.2) is 44.4 Å². The van der Waals surface area contributed by atoms with Gasteiger partial charge in [0.1, 0.15) is 6.10 Å². The van der Waals surface area contributed by atoms with Crippen molar-refractivity contribution in [2.75, 3.05) is 14.2 Å². The zero-order valence-electron chi connectivity index (χ0n) is 11.1. The van der Waals surface area contributed by atoms with Gasteiger partial charge in [-0.1, -0.05) is 0 Å². The number of ether oxygens (including phenoxy) is 4. The number of methoxy groups -OCH3 is 2. The fourth-order valence-corrected chi connectivity index (χ4v) is 2.33. The molecule has 0 saturated carbocycles. The van der Waals surface area contributed by atoms with Crippen LogP contribution in [0.4, 0.5) is 0 Å². The normalized spacial score (nSPS) is 40.3. The first-order valence-electron chi connectivity index (χ1n) is 5.81. The Morgan fingerprint density at radius 1 is 1.31 bits per heavy atom. The molecule has 1 saturated heterocycles. The lowest BCUT2D eigenvalue weighted by Crippen LogP contribution is -2.57. The summed E-state index contributed by atoms with van der Waals surface area (Å²) in [7, 11) is 3.39. The molecule has 0 aromatic rings. The van der Waals surface area contributed by atoms with Crippen molar-refractivity contribution < 1.29 is 18.9 Å². The Morgan fingerprint density at radius 2 is 1.94 bits per heavy atom. The van der Waals surface area contributed by atoms with E-state index in [0.29, 0.717) is 6.42 Å². The minimum Gasteiger partial charge on any atom is -0.376 e. The van der Waals surface area contributed by atoms with Crippen molar-refractivity contribution in [3.8, 4) is 0 Å². The van der Waals surface area contributed by atoms with Crippen LogP contribution in [-0.2, 0) is 18.9 Å². The van der Waals surface area contributed by atoms with Gasteiger partial charge in [-0.2, -0.15) is 0 Å². The lowest BCUT2D eigenvalue weighted by atomic mass is 9.88. The predicted octanol–water partition coefficient (Wildman–Crippen LogP) is 1.97. The Bertz CT molecular complexity index is 219. The van der Waals surface area contributed by atoms with Crippen molar-refractivity contribution in [1.29, 1.82) is 0 Å². The zero-order chi connectivity index (χ0) is 12.3. The summed E-state index contributed by atoms with van der Waals surface area (Å²) in [6.07, 6.45) is 0.519. The molecule has 1 aliphatic rings. The van der Waals surface area contributed by atoms with E-state index in [1.54, 1.807) is 14.2 Å². The van der Waals surface area contributed by atoms with Crippen molar-refractivity contribution in [1.82, 2.24) is 0 Å². The lowest BCUT2D eigenvalue weighted by molar-refractivity contribution is -0.289. The first-order valence-corrected chi connectivity index (χ1v) is 5.81. The maximum Gasteiger partial charge on any atom is 0.161 e. The average Bonchev–Trinajstić information content (AvgIpc) is 2.16. The minimum absolute atomic E-state index is 0.0348. The average molecular weight is 232 g/mol. The fourth-order valence-electron chi connectivity index (χ4n) is 2.33. The SMILES string of the molecule is COC1C(C)OC(OC(C)C)CC1(C)OC. The Kier molecular flexibility index (Phi) is 4.73. The van der Waals surface area contributed by atoms with Crippen LogP contribution in [0.25, 0.3) is 0 Å². The van der Waals surface area contributed by atoms with Crippen LogP contribution in [0.15, 0.2) is 0 Å². The minimum atomic E-state index is -0.355. The molecule has 0 N–H and O–H groups in total. The third-order valence-electron chi connectivity index (χ3n) is 3.11. The van der Waals surface area contributed by atoms with Crippen LogP contribution in [0.5, 0.6) is 0 Å². The van der Waals surface area contributed by atoms with E-state index in [1.807, 2.05) is 27.7 Å². The van der Waals surface area contributed by atoms with Crippen molar-refractivity contribution in [3.05, 3.63) is 0 Å². The zero-order valence-corrected chi connectivity index (χ0v) is 11.1. The van der Waals surface area contributed by atoms with E-state index in [1.165, 1.54) is 0 Å². The highest BCUT2D eigenvalue weighted by Crippen LogP contribution is 2.34. The molecule has 0 aromatic carbocycles. The third-order valence-corrected chi connectivity index (χ3v) is 3.11. The summed E-state index contributed by atoms with van der Waals surface area (Å²) >= 11 is 0. The van der Waals surface area contributed by atoms with Gasteiger partial charge in [-0.3, -0.25) is 0 Å². The second-order valence-corrected chi connectivity index (χ2v) is 4.83. The van der Waals surface area contributed by atoms with E-state index < -0.39 is 0 Å². The summed E-state index contributed by atoms with van der Waals surface area (Å²) in [5.74, 6) is 0. The molecule has 0 aliphatic carbocycles. The molecule has 0 aromatic heterocycles. The van der Waals surface area contributed by atoms with Gasteiger partial charge in [-0.25, -0.2) is 0 Å². The van der Waals surface area contributed by atoms with Gasteiger partial charge in [0.15, 0.2) is 6.29 Å². The van der Waals surface area contributed by atoms with Gasteiger partial charge in [0, 0.05) is 20.6 Å². The lowest BCUT2D eigenvalue weighted by Gasteiger charge is -2.46. The molecule has 4 unspecified atom stereocenters. The van der Waals surface area contributed by atoms with Crippen molar-refractivity contribution >= 4 is 0 Å². The second-order valence-electron chi connectivity index (χ2n) is 4.83. The van der Waals surface area contributed by atoms with Gasteiger partial charge in [0.05, 0.1) is 17.8 Å². The largest absolute Gasteiger partial charge is 0.376 e. The molecule has 1 aliphatic heterocycles. The topological polar surface area (TPSA) is 36.9 Å². The molecule has 1 rings (SSSR count). The molecule has 0 amide bonds. The van der Waals surface area contributed by atoms with Crippen LogP contribution in [0.1, 0.15) is 34.1 Å². The highest BCUT2D eigenvalue weighted by Gasteiger charge is 2.46. The summed E-state index contributed by atoms with van der Waals surface area (Å²) in [5.41, 5.74) is -0.355. The summed E-state index contributed by atoms with van der Waals surface area (Å²) in [5, 5.41) is 0. The van der Waals surface area contributed by atoms with Crippen LogP contribution in [0.3, 0.4) is 0 Å². The quantitative estimate of drug-likeness (QED) is 0.742. The van der Waals surface area contributed by atoms with E-state index in [4.69, 9.17) is 18.9 Å². The van der Waals surface area contributed by atoms with Crippen molar-refractivity contribution in [2.45, 2.75) is 64.3 Å². The van der Waals surface area contributed by atoms with Gasteiger partial charge in [-0.15, -0.1) is 0 Å². The smallest absolute Gasteiger partial charge is 0.161 e.